The normalized spacial score (nSPS) is 10.3. The molecule has 44 valence electrons. The average molecular weight is 118 g/mol. The lowest BCUT2D eigenvalue weighted by molar-refractivity contribution is 0.762. The van der Waals surface area contributed by atoms with Gasteiger partial charge in [0.05, 0.1) is 12.1 Å². The fourth-order valence-corrected chi connectivity index (χ4v) is 0.394. The molecule has 0 aliphatic heterocycles. The van der Waals surface area contributed by atoms with Crippen molar-refractivity contribution < 1.29 is 0 Å². The fourth-order valence-electron chi connectivity index (χ4n) is 0.394. The van der Waals surface area contributed by atoms with Crippen molar-refractivity contribution in [2.24, 2.45) is 5.92 Å². The van der Waals surface area contributed by atoms with E-state index in [1.807, 2.05) is 12.1 Å². The van der Waals surface area contributed by atoms with E-state index >= 15 is 0 Å². The first-order valence-corrected chi connectivity index (χ1v) is 2.58. The van der Waals surface area contributed by atoms with E-state index in [1.165, 1.54) is 0 Å². The van der Waals surface area contributed by atoms with Crippen molar-refractivity contribution in [2.45, 2.75) is 12.8 Å². The van der Waals surface area contributed by atoms with Gasteiger partial charge in [0.25, 0.3) is 0 Å². The topological polar surface area (TPSA) is 47.6 Å². The van der Waals surface area contributed by atoms with Crippen LogP contribution in [0.25, 0.3) is 0 Å². The van der Waals surface area contributed by atoms with E-state index in [2.05, 4.69) is 5.92 Å². The van der Waals surface area contributed by atoms with E-state index in [4.69, 9.17) is 16.9 Å². The molecule has 1 atom stereocenters. The highest BCUT2D eigenvalue weighted by molar-refractivity contribution is 5.05. The Morgan fingerprint density at radius 1 is 1.44 bits per heavy atom. The lowest BCUT2D eigenvalue weighted by Gasteiger charge is -1.91. The molecule has 0 aromatic carbocycles. The Balaban J connectivity index is 3.54. The molecule has 0 fully saturated rings. The van der Waals surface area contributed by atoms with E-state index < -0.39 is 0 Å². The van der Waals surface area contributed by atoms with Crippen LogP contribution in [0.2, 0.25) is 0 Å². The van der Waals surface area contributed by atoms with Gasteiger partial charge in [0.2, 0.25) is 0 Å². The Morgan fingerprint density at radius 3 is 2.44 bits per heavy atom. The van der Waals surface area contributed by atoms with E-state index in [0.29, 0.717) is 12.8 Å². The Bertz CT molecular complexity index is 172. The molecule has 2 nitrogen and oxygen atoms in total. The minimum atomic E-state index is -0.385. The van der Waals surface area contributed by atoms with Crippen LogP contribution in [-0.2, 0) is 0 Å². The lowest BCUT2D eigenvalue weighted by atomic mass is 10.1. The maximum atomic E-state index is 8.25. The molecular formula is C7H6N2. The van der Waals surface area contributed by atoms with Crippen molar-refractivity contribution in [1.82, 2.24) is 0 Å². The molecule has 1 unspecified atom stereocenters. The summed E-state index contributed by atoms with van der Waals surface area (Å²) in [6.45, 7) is 0. The summed E-state index contributed by atoms with van der Waals surface area (Å²) in [5.74, 6) is 1.89. The number of rotatable bonds is 2. The molecule has 0 radical (unpaired) electrons. The summed E-state index contributed by atoms with van der Waals surface area (Å²) in [5, 5.41) is 16.3. The van der Waals surface area contributed by atoms with Crippen molar-refractivity contribution in [2.75, 3.05) is 0 Å². The third-order valence-electron chi connectivity index (χ3n) is 0.902. The number of hydrogen-bond donors (Lipinski definition) is 0. The van der Waals surface area contributed by atoms with Gasteiger partial charge in [-0.15, -0.1) is 6.42 Å². The van der Waals surface area contributed by atoms with Crippen molar-refractivity contribution in [1.29, 1.82) is 10.5 Å². The smallest absolute Gasteiger partial charge is 0.108 e. The van der Waals surface area contributed by atoms with Gasteiger partial charge >= 0.3 is 0 Å². The van der Waals surface area contributed by atoms with Gasteiger partial charge in [-0.1, -0.05) is 5.92 Å². The number of nitriles is 2. The highest BCUT2D eigenvalue weighted by Gasteiger charge is 1.99. The molecule has 0 aliphatic carbocycles. The number of nitrogens with zero attached hydrogens (tertiary/aromatic N) is 2. The van der Waals surface area contributed by atoms with Crippen molar-refractivity contribution in [3.8, 4) is 24.5 Å². The quantitative estimate of drug-likeness (QED) is 0.509. The van der Waals surface area contributed by atoms with Gasteiger partial charge in [-0.25, -0.2) is 0 Å². The molecule has 2 heteroatoms. The number of terminal acetylenes is 1. The predicted octanol–water partition coefficient (Wildman–Crippen LogP) is 1.06. The van der Waals surface area contributed by atoms with E-state index in [0.717, 1.165) is 0 Å². The molecule has 0 bridgehead atoms. The molecular weight excluding hydrogens is 112 g/mol. The second-order valence-electron chi connectivity index (χ2n) is 1.55. The first kappa shape index (κ1) is 7.54. The average Bonchev–Trinajstić information content (AvgIpc) is 1.91. The third-order valence-corrected chi connectivity index (χ3v) is 0.902. The van der Waals surface area contributed by atoms with Crippen LogP contribution in [0.4, 0.5) is 0 Å². The van der Waals surface area contributed by atoms with Crippen molar-refractivity contribution in [3.63, 3.8) is 0 Å². The van der Waals surface area contributed by atoms with Crippen LogP contribution in [-0.4, -0.2) is 0 Å². The van der Waals surface area contributed by atoms with Gasteiger partial charge in [-0.05, 0) is 6.42 Å². The van der Waals surface area contributed by atoms with E-state index in [1.54, 1.807) is 0 Å². The highest BCUT2D eigenvalue weighted by atomic mass is 14.3. The Hall–Kier alpha value is -1.46. The Morgan fingerprint density at radius 2 is 2.11 bits per heavy atom. The Labute approximate surface area is 54.7 Å². The molecule has 0 saturated heterocycles. The summed E-state index contributed by atoms with van der Waals surface area (Å²) >= 11 is 0. The second kappa shape index (κ2) is 4.69. The van der Waals surface area contributed by atoms with Gasteiger partial charge < -0.3 is 0 Å². The summed E-state index contributed by atoms with van der Waals surface area (Å²) in [5.41, 5.74) is 0. The van der Waals surface area contributed by atoms with Gasteiger partial charge in [0.15, 0.2) is 0 Å². The standard InChI is InChI=1S/C7H6N2/c1-2-7(6-9)4-3-5-8/h1,7H,3-4H2. The van der Waals surface area contributed by atoms with Crippen LogP contribution in [0, 0.1) is 40.9 Å². The molecule has 0 heterocycles. The monoisotopic (exact) mass is 118 g/mol. The predicted molar refractivity (Wildman–Crippen MR) is 32.8 cm³/mol. The minimum absolute atomic E-state index is 0.364. The van der Waals surface area contributed by atoms with Gasteiger partial charge in [-0.2, -0.15) is 10.5 Å². The second-order valence-corrected chi connectivity index (χ2v) is 1.55. The first-order chi connectivity index (χ1) is 4.35. The number of hydrogen-bond acceptors (Lipinski definition) is 2. The van der Waals surface area contributed by atoms with Crippen LogP contribution in [0.1, 0.15) is 12.8 Å². The zero-order valence-electron chi connectivity index (χ0n) is 4.96. The minimum Gasteiger partial charge on any atom is -0.198 e. The summed E-state index contributed by atoms with van der Waals surface area (Å²) in [7, 11) is 0. The van der Waals surface area contributed by atoms with Gasteiger partial charge in [0, 0.05) is 6.42 Å². The first-order valence-electron chi connectivity index (χ1n) is 2.58. The fraction of sp³-hybridized carbons (Fsp3) is 0.429. The van der Waals surface area contributed by atoms with Gasteiger partial charge in [-0.3, -0.25) is 0 Å². The zero-order valence-corrected chi connectivity index (χ0v) is 4.96. The summed E-state index contributed by atoms with van der Waals surface area (Å²) in [4.78, 5) is 0. The molecule has 0 spiro atoms. The SMILES string of the molecule is C#CC(C#N)CCC#N. The highest BCUT2D eigenvalue weighted by Crippen LogP contribution is 2.01. The van der Waals surface area contributed by atoms with Crippen LogP contribution >= 0.6 is 0 Å². The maximum absolute atomic E-state index is 8.25. The zero-order chi connectivity index (χ0) is 7.11. The molecule has 0 amide bonds. The van der Waals surface area contributed by atoms with Gasteiger partial charge in [0.1, 0.15) is 5.92 Å². The molecule has 0 aromatic heterocycles. The van der Waals surface area contributed by atoms with Crippen LogP contribution in [0.3, 0.4) is 0 Å². The molecule has 9 heavy (non-hydrogen) atoms. The van der Waals surface area contributed by atoms with Crippen LogP contribution < -0.4 is 0 Å². The summed E-state index contributed by atoms with van der Waals surface area (Å²) in [6, 6.07) is 3.82. The van der Waals surface area contributed by atoms with E-state index in [9.17, 15) is 0 Å². The summed E-state index contributed by atoms with van der Waals surface area (Å²) in [6.07, 6.45) is 5.80. The molecule has 0 rings (SSSR count). The molecule has 0 aromatic rings. The Kier molecular flexibility index (Phi) is 3.93. The summed E-state index contributed by atoms with van der Waals surface area (Å²) < 4.78 is 0. The largest absolute Gasteiger partial charge is 0.198 e. The van der Waals surface area contributed by atoms with Crippen molar-refractivity contribution >= 4 is 0 Å². The van der Waals surface area contributed by atoms with E-state index in [-0.39, 0.29) is 5.92 Å². The van der Waals surface area contributed by atoms with Crippen LogP contribution in [0.15, 0.2) is 0 Å². The van der Waals surface area contributed by atoms with Crippen LogP contribution in [0.5, 0.6) is 0 Å². The maximum Gasteiger partial charge on any atom is 0.108 e. The molecule has 0 aliphatic rings. The molecule has 0 saturated carbocycles. The lowest BCUT2D eigenvalue weighted by Crippen LogP contribution is -1.90. The van der Waals surface area contributed by atoms with Crippen molar-refractivity contribution in [3.05, 3.63) is 0 Å². The third kappa shape index (κ3) is 3.15. The molecule has 0 N–H and O–H groups in total.